The minimum atomic E-state index is -0.931. The Kier molecular flexibility index (Phi) is 3.61. The smallest absolute Gasteiger partial charge is 0.324 e. The van der Waals surface area contributed by atoms with E-state index in [0.717, 1.165) is 11.3 Å². The third-order valence-corrected chi connectivity index (χ3v) is 3.63. The van der Waals surface area contributed by atoms with Gasteiger partial charge in [-0.3, -0.25) is 19.7 Å². The number of carboxylic acid groups (broad SMARTS) is 1. The predicted octanol–water partition coefficient (Wildman–Crippen LogP) is 1.42. The summed E-state index contributed by atoms with van der Waals surface area (Å²) in [6, 6.07) is 0.848. The fourth-order valence-electron chi connectivity index (χ4n) is 1.78. The van der Waals surface area contributed by atoms with Gasteiger partial charge >= 0.3 is 11.0 Å². The zero-order valence-corrected chi connectivity index (χ0v) is 10.4. The van der Waals surface area contributed by atoms with Gasteiger partial charge in [-0.2, -0.15) is 0 Å². The molecule has 1 heterocycles. The minimum absolute atomic E-state index is 0.101. The molecule has 0 fully saturated rings. The van der Waals surface area contributed by atoms with Crippen molar-refractivity contribution in [2.75, 3.05) is 0 Å². The van der Waals surface area contributed by atoms with Gasteiger partial charge in [0.25, 0.3) is 5.91 Å². The molecule has 19 heavy (non-hydrogen) atoms. The van der Waals surface area contributed by atoms with Crippen LogP contribution < -0.4 is 5.32 Å². The Morgan fingerprint density at radius 3 is 2.74 bits per heavy atom. The van der Waals surface area contributed by atoms with Crippen LogP contribution in [0.25, 0.3) is 0 Å². The molecule has 0 radical (unpaired) electrons. The average Bonchev–Trinajstić information content (AvgIpc) is 2.96. The van der Waals surface area contributed by atoms with Gasteiger partial charge in [0.05, 0.1) is 16.4 Å². The Labute approximate surface area is 111 Å². The van der Waals surface area contributed by atoms with Gasteiger partial charge in [-0.1, -0.05) is 23.5 Å². The molecule has 7 nitrogen and oxygen atoms in total. The summed E-state index contributed by atoms with van der Waals surface area (Å²) < 4.78 is 0. The Morgan fingerprint density at radius 1 is 1.47 bits per heavy atom. The van der Waals surface area contributed by atoms with Gasteiger partial charge in [0.2, 0.25) is 0 Å². The lowest BCUT2D eigenvalue weighted by Crippen LogP contribution is -2.33. The Morgan fingerprint density at radius 2 is 2.21 bits per heavy atom. The predicted molar refractivity (Wildman–Crippen MR) is 67.1 cm³/mol. The minimum Gasteiger partial charge on any atom is -0.481 e. The molecule has 0 saturated carbocycles. The van der Waals surface area contributed by atoms with Crippen LogP contribution in [0.1, 0.15) is 16.8 Å². The number of carbonyl (C=O) groups is 2. The zero-order valence-electron chi connectivity index (χ0n) is 9.61. The largest absolute Gasteiger partial charge is 0.481 e. The normalized spacial score (nSPS) is 21.3. The fraction of sp³-hybridized carbons (Fsp3) is 0.273. The molecule has 1 aromatic heterocycles. The molecule has 2 N–H and O–H groups in total. The van der Waals surface area contributed by atoms with E-state index in [4.69, 9.17) is 5.11 Å². The highest BCUT2D eigenvalue weighted by Gasteiger charge is 2.26. The maximum absolute atomic E-state index is 11.8. The first-order valence-electron chi connectivity index (χ1n) is 5.42. The van der Waals surface area contributed by atoms with Crippen molar-refractivity contribution in [1.82, 2.24) is 5.32 Å². The number of carbonyl (C=O) groups excluding carboxylic acids is 1. The third-order valence-electron chi connectivity index (χ3n) is 2.75. The van der Waals surface area contributed by atoms with Crippen LogP contribution in [0.4, 0.5) is 5.00 Å². The molecular formula is C11H10N2O5S. The number of aliphatic carboxylic acids is 1. The van der Waals surface area contributed by atoms with E-state index in [1.165, 1.54) is 17.5 Å². The summed E-state index contributed by atoms with van der Waals surface area (Å²) in [7, 11) is 0. The van der Waals surface area contributed by atoms with E-state index in [2.05, 4.69) is 5.32 Å². The van der Waals surface area contributed by atoms with Gasteiger partial charge in [-0.25, -0.2) is 0 Å². The van der Waals surface area contributed by atoms with Crippen LogP contribution in [0.5, 0.6) is 0 Å². The van der Waals surface area contributed by atoms with Crippen LogP contribution in [0.15, 0.2) is 23.6 Å². The van der Waals surface area contributed by atoms with E-state index >= 15 is 0 Å². The number of hydrogen-bond donors (Lipinski definition) is 2. The van der Waals surface area contributed by atoms with Crippen LogP contribution in [0.2, 0.25) is 0 Å². The van der Waals surface area contributed by atoms with Gasteiger partial charge in [-0.05, 0) is 6.42 Å². The van der Waals surface area contributed by atoms with Crippen LogP contribution in [0, 0.1) is 16.0 Å². The van der Waals surface area contributed by atoms with Gasteiger partial charge < -0.3 is 10.4 Å². The second-order valence-corrected chi connectivity index (χ2v) is 4.97. The van der Waals surface area contributed by atoms with E-state index in [1.807, 2.05) is 0 Å². The summed E-state index contributed by atoms with van der Waals surface area (Å²) >= 11 is 0.877. The molecule has 1 amide bonds. The lowest BCUT2D eigenvalue weighted by molar-refractivity contribution is -0.380. The maximum Gasteiger partial charge on any atom is 0.324 e. The van der Waals surface area contributed by atoms with Crippen LogP contribution >= 0.6 is 11.3 Å². The number of nitrogens with one attached hydrogen (secondary N) is 1. The molecule has 0 aromatic carbocycles. The molecular weight excluding hydrogens is 272 g/mol. The van der Waals surface area contributed by atoms with Gasteiger partial charge in [0.15, 0.2) is 0 Å². The summed E-state index contributed by atoms with van der Waals surface area (Å²) in [6.45, 7) is 0. The van der Waals surface area contributed by atoms with E-state index in [9.17, 15) is 19.7 Å². The first-order valence-corrected chi connectivity index (χ1v) is 6.30. The molecule has 1 aliphatic rings. The van der Waals surface area contributed by atoms with Crippen LogP contribution in [0.3, 0.4) is 0 Å². The number of amides is 1. The van der Waals surface area contributed by atoms with Crippen molar-refractivity contribution in [3.63, 3.8) is 0 Å². The number of thiophene rings is 1. The van der Waals surface area contributed by atoms with E-state index in [1.54, 1.807) is 6.08 Å². The third kappa shape index (κ3) is 2.97. The van der Waals surface area contributed by atoms with Crippen molar-refractivity contribution >= 4 is 28.2 Å². The Balaban J connectivity index is 1.96. The fourth-order valence-corrected chi connectivity index (χ4v) is 2.48. The summed E-state index contributed by atoms with van der Waals surface area (Å²) in [5.41, 5.74) is 0.212. The van der Waals surface area contributed by atoms with Crippen molar-refractivity contribution in [2.24, 2.45) is 5.92 Å². The average molecular weight is 282 g/mol. The molecule has 2 unspecified atom stereocenters. The highest BCUT2D eigenvalue weighted by atomic mass is 32.1. The molecule has 0 aliphatic heterocycles. The van der Waals surface area contributed by atoms with Gasteiger partial charge in [0.1, 0.15) is 0 Å². The Bertz CT molecular complexity index is 565. The molecule has 0 spiro atoms. The molecule has 2 rings (SSSR count). The summed E-state index contributed by atoms with van der Waals surface area (Å²) in [6.07, 6.45) is 3.45. The number of carboxylic acids is 1. The van der Waals surface area contributed by atoms with Gasteiger partial charge in [0, 0.05) is 17.5 Å². The maximum atomic E-state index is 11.8. The summed E-state index contributed by atoms with van der Waals surface area (Å²) in [5, 5.41) is 23.2. The van der Waals surface area contributed by atoms with Crippen molar-refractivity contribution < 1.29 is 19.6 Å². The van der Waals surface area contributed by atoms with Crippen molar-refractivity contribution in [1.29, 1.82) is 0 Å². The van der Waals surface area contributed by atoms with E-state index < -0.39 is 22.7 Å². The highest BCUT2D eigenvalue weighted by molar-refractivity contribution is 7.13. The second-order valence-electron chi connectivity index (χ2n) is 4.08. The molecule has 2 atom stereocenters. The number of nitro groups is 1. The number of hydrogen-bond acceptors (Lipinski definition) is 5. The molecule has 100 valence electrons. The first kappa shape index (κ1) is 13.2. The summed E-state index contributed by atoms with van der Waals surface area (Å²) in [5.74, 6) is -1.97. The summed E-state index contributed by atoms with van der Waals surface area (Å²) in [4.78, 5) is 32.5. The molecule has 1 aliphatic carbocycles. The topological polar surface area (TPSA) is 110 Å². The standard InChI is InChI=1S/C11H10N2O5S/c14-10(7-4-9(13(17)18)19-5-7)12-8-2-1-6(3-8)11(15)16/h1-2,4-6,8H,3H2,(H,12,14)(H,15,16). The molecule has 0 bridgehead atoms. The monoisotopic (exact) mass is 282 g/mol. The highest BCUT2D eigenvalue weighted by Crippen LogP contribution is 2.23. The number of rotatable bonds is 4. The molecule has 1 aromatic rings. The zero-order chi connectivity index (χ0) is 14.0. The van der Waals surface area contributed by atoms with E-state index in [-0.39, 0.29) is 16.6 Å². The lowest BCUT2D eigenvalue weighted by atomic mass is 10.1. The van der Waals surface area contributed by atoms with Gasteiger partial charge in [-0.15, -0.1) is 0 Å². The lowest BCUT2D eigenvalue weighted by Gasteiger charge is -2.10. The SMILES string of the molecule is O=C(NC1C=CC(C(=O)O)C1)c1csc([N+](=O)[O-])c1. The first-order chi connectivity index (χ1) is 8.97. The second kappa shape index (κ2) is 5.19. The van der Waals surface area contributed by atoms with E-state index in [0.29, 0.717) is 6.42 Å². The van der Waals surface area contributed by atoms with Crippen LogP contribution in [-0.4, -0.2) is 27.9 Å². The molecule has 0 saturated heterocycles. The van der Waals surface area contributed by atoms with Crippen LogP contribution in [-0.2, 0) is 4.79 Å². The quantitative estimate of drug-likeness (QED) is 0.493. The number of nitrogens with zero attached hydrogens (tertiary/aromatic N) is 1. The molecule has 8 heteroatoms. The van der Waals surface area contributed by atoms with Crippen molar-refractivity contribution in [3.8, 4) is 0 Å². The van der Waals surface area contributed by atoms with Crippen molar-refractivity contribution in [2.45, 2.75) is 12.5 Å². The Hall–Kier alpha value is -2.22. The van der Waals surface area contributed by atoms with Crippen molar-refractivity contribution in [3.05, 3.63) is 39.3 Å².